The highest BCUT2D eigenvalue weighted by Gasteiger charge is 2.66. The molecule has 0 saturated heterocycles. The van der Waals surface area contributed by atoms with E-state index in [0.717, 1.165) is 19.3 Å². The largest absolute Gasteiger partial charge is 0.480 e. The summed E-state index contributed by atoms with van der Waals surface area (Å²) in [6, 6.07) is 0. The van der Waals surface area contributed by atoms with Gasteiger partial charge in [0.25, 0.3) is 0 Å². The van der Waals surface area contributed by atoms with Gasteiger partial charge in [-0.1, -0.05) is 19.8 Å². The minimum absolute atomic E-state index is 0.151. The van der Waals surface area contributed by atoms with Gasteiger partial charge in [-0.25, -0.2) is 0 Å². The summed E-state index contributed by atoms with van der Waals surface area (Å²) in [5, 5.41) is 17.5. The van der Waals surface area contributed by atoms with Crippen LogP contribution in [-0.4, -0.2) is 22.2 Å². The lowest BCUT2D eigenvalue weighted by Gasteiger charge is -2.05. The number of hydrogen-bond donors (Lipinski definition) is 2. The normalized spacial score (nSPS) is 23.9. The van der Waals surface area contributed by atoms with Gasteiger partial charge >= 0.3 is 11.9 Å². The summed E-state index contributed by atoms with van der Waals surface area (Å²) in [6.45, 7) is 2.01. The molecule has 4 heteroatoms. The number of carboxylic acids is 2. The smallest absolute Gasteiger partial charge is 0.321 e. The molecule has 0 amide bonds. The Morgan fingerprint density at radius 1 is 1.38 bits per heavy atom. The predicted molar refractivity (Wildman–Crippen MR) is 45.3 cm³/mol. The molecule has 0 bridgehead atoms. The molecule has 1 unspecified atom stereocenters. The van der Waals surface area contributed by atoms with Gasteiger partial charge in [0.15, 0.2) is 5.41 Å². The first-order chi connectivity index (χ1) is 6.05. The third kappa shape index (κ3) is 1.53. The van der Waals surface area contributed by atoms with Crippen LogP contribution < -0.4 is 0 Å². The molecule has 13 heavy (non-hydrogen) atoms. The van der Waals surface area contributed by atoms with Crippen molar-refractivity contribution >= 4 is 11.9 Å². The molecule has 0 spiro atoms. The SMILES string of the molecule is CCCCC1CC1(C(=O)O)C(=O)O. The Bertz CT molecular complexity index is 220. The zero-order chi connectivity index (χ0) is 10.1. The molecule has 0 radical (unpaired) electrons. The van der Waals surface area contributed by atoms with Gasteiger partial charge in [0, 0.05) is 0 Å². The van der Waals surface area contributed by atoms with E-state index in [9.17, 15) is 9.59 Å². The lowest BCUT2D eigenvalue weighted by Crippen LogP contribution is -2.27. The minimum atomic E-state index is -1.45. The highest BCUT2D eigenvalue weighted by molar-refractivity contribution is 6.02. The Kier molecular flexibility index (Phi) is 2.59. The Morgan fingerprint density at radius 2 is 1.92 bits per heavy atom. The molecule has 0 aromatic heterocycles. The number of carbonyl (C=O) groups is 2. The van der Waals surface area contributed by atoms with E-state index in [-0.39, 0.29) is 5.92 Å². The van der Waals surface area contributed by atoms with Crippen LogP contribution in [0.5, 0.6) is 0 Å². The first kappa shape index (κ1) is 10.0. The van der Waals surface area contributed by atoms with Crippen LogP contribution >= 0.6 is 0 Å². The van der Waals surface area contributed by atoms with E-state index in [2.05, 4.69) is 0 Å². The number of aliphatic carboxylic acids is 2. The first-order valence-electron chi connectivity index (χ1n) is 4.52. The zero-order valence-electron chi connectivity index (χ0n) is 7.62. The van der Waals surface area contributed by atoms with Crippen LogP contribution in [-0.2, 0) is 9.59 Å². The van der Waals surface area contributed by atoms with E-state index in [4.69, 9.17) is 10.2 Å². The molecule has 0 aromatic carbocycles. The maximum Gasteiger partial charge on any atom is 0.321 e. The average molecular weight is 186 g/mol. The standard InChI is InChI=1S/C9H14O4/c1-2-3-4-6-5-9(6,7(10)11)8(12)13/h6H,2-5H2,1H3,(H,10,11)(H,12,13). The van der Waals surface area contributed by atoms with Crippen LogP contribution in [0.25, 0.3) is 0 Å². The average Bonchev–Trinajstić information content (AvgIpc) is 2.76. The Labute approximate surface area is 76.6 Å². The van der Waals surface area contributed by atoms with Gasteiger partial charge in [-0.3, -0.25) is 9.59 Å². The van der Waals surface area contributed by atoms with E-state index in [1.165, 1.54) is 0 Å². The minimum Gasteiger partial charge on any atom is -0.480 e. The van der Waals surface area contributed by atoms with E-state index >= 15 is 0 Å². The second-order valence-electron chi connectivity index (χ2n) is 3.62. The fourth-order valence-electron chi connectivity index (χ4n) is 1.74. The van der Waals surface area contributed by atoms with Gasteiger partial charge in [-0.05, 0) is 18.8 Å². The monoisotopic (exact) mass is 186 g/mol. The van der Waals surface area contributed by atoms with Crippen molar-refractivity contribution in [3.05, 3.63) is 0 Å². The van der Waals surface area contributed by atoms with Crippen molar-refractivity contribution in [2.45, 2.75) is 32.6 Å². The van der Waals surface area contributed by atoms with Crippen molar-refractivity contribution in [2.75, 3.05) is 0 Å². The Hall–Kier alpha value is -1.06. The fraction of sp³-hybridized carbons (Fsp3) is 0.778. The first-order valence-corrected chi connectivity index (χ1v) is 4.52. The Balaban J connectivity index is 2.57. The van der Waals surface area contributed by atoms with Crippen molar-refractivity contribution in [3.8, 4) is 0 Å². The summed E-state index contributed by atoms with van der Waals surface area (Å²) in [6.07, 6.45) is 2.91. The van der Waals surface area contributed by atoms with Gasteiger partial charge in [0.1, 0.15) is 0 Å². The summed E-state index contributed by atoms with van der Waals surface area (Å²) in [5.41, 5.74) is -1.45. The second-order valence-corrected chi connectivity index (χ2v) is 3.62. The quantitative estimate of drug-likeness (QED) is 0.635. The van der Waals surface area contributed by atoms with Crippen LogP contribution in [0.3, 0.4) is 0 Å². The molecule has 0 aliphatic heterocycles. The van der Waals surface area contributed by atoms with Crippen LogP contribution in [0, 0.1) is 11.3 Å². The number of unbranched alkanes of at least 4 members (excludes halogenated alkanes) is 1. The van der Waals surface area contributed by atoms with E-state index in [0.29, 0.717) is 6.42 Å². The predicted octanol–water partition coefficient (Wildman–Crippen LogP) is 1.35. The number of hydrogen-bond acceptors (Lipinski definition) is 2. The highest BCUT2D eigenvalue weighted by atomic mass is 16.4. The molecule has 1 rings (SSSR count). The molecule has 1 aliphatic carbocycles. The number of rotatable bonds is 5. The maximum absolute atomic E-state index is 10.7. The molecular formula is C9H14O4. The van der Waals surface area contributed by atoms with Gasteiger partial charge in [-0.15, -0.1) is 0 Å². The van der Waals surface area contributed by atoms with Crippen LogP contribution in [0.15, 0.2) is 0 Å². The molecule has 1 atom stereocenters. The topological polar surface area (TPSA) is 74.6 Å². The molecule has 1 aliphatic rings. The lowest BCUT2D eigenvalue weighted by molar-refractivity contribution is -0.157. The second kappa shape index (κ2) is 3.36. The van der Waals surface area contributed by atoms with Gasteiger partial charge < -0.3 is 10.2 Å². The van der Waals surface area contributed by atoms with Crippen LogP contribution in [0.1, 0.15) is 32.6 Å². The summed E-state index contributed by atoms with van der Waals surface area (Å²) >= 11 is 0. The molecule has 1 fully saturated rings. The van der Waals surface area contributed by atoms with Crippen molar-refractivity contribution in [2.24, 2.45) is 11.3 Å². The van der Waals surface area contributed by atoms with Crippen LogP contribution in [0.2, 0.25) is 0 Å². The number of carboxylic acid groups (broad SMARTS) is 2. The fourth-order valence-corrected chi connectivity index (χ4v) is 1.74. The summed E-state index contributed by atoms with van der Waals surface area (Å²) in [5.74, 6) is -2.51. The molecular weight excluding hydrogens is 172 g/mol. The molecule has 2 N–H and O–H groups in total. The summed E-state index contributed by atoms with van der Waals surface area (Å²) in [7, 11) is 0. The van der Waals surface area contributed by atoms with Crippen molar-refractivity contribution in [3.63, 3.8) is 0 Å². The molecule has 74 valence electrons. The van der Waals surface area contributed by atoms with Gasteiger partial charge in [0.05, 0.1) is 0 Å². The van der Waals surface area contributed by atoms with Gasteiger partial charge in [0.2, 0.25) is 0 Å². The molecule has 4 nitrogen and oxygen atoms in total. The van der Waals surface area contributed by atoms with Gasteiger partial charge in [-0.2, -0.15) is 0 Å². The van der Waals surface area contributed by atoms with E-state index in [1.807, 2.05) is 6.92 Å². The summed E-state index contributed by atoms with van der Waals surface area (Å²) in [4.78, 5) is 21.4. The van der Waals surface area contributed by atoms with Crippen molar-refractivity contribution in [1.82, 2.24) is 0 Å². The summed E-state index contributed by atoms with van der Waals surface area (Å²) < 4.78 is 0. The van der Waals surface area contributed by atoms with E-state index in [1.54, 1.807) is 0 Å². The molecule has 1 saturated carbocycles. The molecule has 0 aromatic rings. The maximum atomic E-state index is 10.7. The highest BCUT2D eigenvalue weighted by Crippen LogP contribution is 2.55. The van der Waals surface area contributed by atoms with Crippen LogP contribution in [0.4, 0.5) is 0 Å². The lowest BCUT2D eigenvalue weighted by atomic mass is 10.0. The third-order valence-corrected chi connectivity index (χ3v) is 2.77. The Morgan fingerprint density at radius 3 is 2.23 bits per heavy atom. The molecule has 0 heterocycles. The van der Waals surface area contributed by atoms with Crippen molar-refractivity contribution < 1.29 is 19.8 Å². The zero-order valence-corrected chi connectivity index (χ0v) is 7.62. The van der Waals surface area contributed by atoms with E-state index < -0.39 is 17.4 Å². The van der Waals surface area contributed by atoms with Crippen molar-refractivity contribution in [1.29, 1.82) is 0 Å². The third-order valence-electron chi connectivity index (χ3n) is 2.77.